The molecule has 6 N–H and O–H groups in total. The highest BCUT2D eigenvalue weighted by molar-refractivity contribution is 4.90. The minimum atomic E-state index is -1.49. The van der Waals surface area contributed by atoms with Crippen molar-refractivity contribution in [2.45, 2.75) is 69.6 Å². The van der Waals surface area contributed by atoms with Crippen molar-refractivity contribution in [2.75, 3.05) is 13.2 Å². The van der Waals surface area contributed by atoms with Crippen LogP contribution in [0.2, 0.25) is 0 Å². The smallest absolute Gasteiger partial charge is 0.186 e. The Morgan fingerprint density at radius 2 is 1.62 bits per heavy atom. The summed E-state index contributed by atoms with van der Waals surface area (Å²) in [5.74, 6) is -0.0205. The van der Waals surface area contributed by atoms with Crippen molar-refractivity contribution >= 4 is 0 Å². The lowest BCUT2D eigenvalue weighted by Crippen LogP contribution is -2.59. The van der Waals surface area contributed by atoms with E-state index >= 15 is 0 Å². The number of rotatable bonds is 5. The molecule has 1 saturated carbocycles. The summed E-state index contributed by atoms with van der Waals surface area (Å²) in [6.07, 6.45) is -6.94. The van der Waals surface area contributed by atoms with E-state index in [0.717, 1.165) is 0 Å². The summed E-state index contributed by atoms with van der Waals surface area (Å²) < 4.78 is 10.7. The molecule has 1 aliphatic carbocycles. The van der Waals surface area contributed by atoms with E-state index in [1.165, 1.54) is 0 Å². The summed E-state index contributed by atoms with van der Waals surface area (Å²) in [7, 11) is 0. The Morgan fingerprint density at radius 1 is 0.958 bits per heavy atom. The van der Waals surface area contributed by atoms with Gasteiger partial charge in [-0.1, -0.05) is 13.8 Å². The van der Waals surface area contributed by atoms with Crippen LogP contribution in [0.4, 0.5) is 0 Å². The fraction of sp³-hybridized carbons (Fsp3) is 1.00. The van der Waals surface area contributed by atoms with Crippen LogP contribution in [0.15, 0.2) is 0 Å². The topological polar surface area (TPSA) is 140 Å². The van der Waals surface area contributed by atoms with Crippen LogP contribution in [0.1, 0.15) is 26.7 Å². The summed E-state index contributed by atoms with van der Waals surface area (Å²) >= 11 is 0. The standard InChI is InChI=1S/C16H30O8/c1-7(2)9-4-10(18)8(3-11(9)19)6-23-16-15(22)14(21)13(20)12(5-17)24-16/h7-22H,3-6H2,1-2H3/t8?,9?,10?,11?,12-,13-,14+,15-,16-/m1/s1. The summed E-state index contributed by atoms with van der Waals surface area (Å²) in [6, 6.07) is 0. The molecular formula is C16H30O8. The molecule has 1 heterocycles. The SMILES string of the molecule is CC(C)C1CC(O)C(CO[C@@H]2O[C@H](CO)[C@@H](O)[C@H](O)[C@H]2O)CC1O. The molecule has 8 nitrogen and oxygen atoms in total. The Bertz CT molecular complexity index is 390. The van der Waals surface area contributed by atoms with Crippen LogP contribution in [0.3, 0.4) is 0 Å². The van der Waals surface area contributed by atoms with Crippen molar-refractivity contribution in [3.05, 3.63) is 0 Å². The maximum Gasteiger partial charge on any atom is 0.186 e. The van der Waals surface area contributed by atoms with Gasteiger partial charge in [0.15, 0.2) is 6.29 Å². The summed E-state index contributed by atoms with van der Waals surface area (Å²) in [4.78, 5) is 0. The van der Waals surface area contributed by atoms with Gasteiger partial charge in [0, 0.05) is 5.92 Å². The minimum Gasteiger partial charge on any atom is -0.394 e. The lowest BCUT2D eigenvalue weighted by atomic mass is 9.73. The number of aliphatic hydroxyl groups is 6. The molecule has 24 heavy (non-hydrogen) atoms. The third kappa shape index (κ3) is 4.25. The van der Waals surface area contributed by atoms with E-state index in [9.17, 15) is 25.5 Å². The van der Waals surface area contributed by atoms with Gasteiger partial charge in [0.1, 0.15) is 24.4 Å². The largest absolute Gasteiger partial charge is 0.394 e. The lowest BCUT2D eigenvalue weighted by molar-refractivity contribution is -0.305. The molecule has 0 aromatic carbocycles. The zero-order valence-electron chi connectivity index (χ0n) is 14.1. The molecule has 142 valence electrons. The first-order valence-electron chi connectivity index (χ1n) is 8.54. The molecule has 0 aromatic rings. The lowest BCUT2D eigenvalue weighted by Gasteiger charge is -2.42. The van der Waals surface area contributed by atoms with Crippen molar-refractivity contribution < 1.29 is 40.1 Å². The highest BCUT2D eigenvalue weighted by atomic mass is 16.7. The molecule has 2 aliphatic rings. The van der Waals surface area contributed by atoms with E-state index in [1.807, 2.05) is 13.8 Å². The van der Waals surface area contributed by atoms with Crippen LogP contribution in [-0.4, -0.2) is 86.8 Å². The summed E-state index contributed by atoms with van der Waals surface area (Å²) in [6.45, 7) is 3.52. The van der Waals surface area contributed by atoms with Gasteiger partial charge < -0.3 is 40.1 Å². The second-order valence-electron chi connectivity index (χ2n) is 7.30. The predicted octanol–water partition coefficient (Wildman–Crippen LogP) is -1.79. The van der Waals surface area contributed by atoms with Crippen LogP contribution < -0.4 is 0 Å². The van der Waals surface area contributed by atoms with E-state index in [2.05, 4.69) is 0 Å². The number of ether oxygens (including phenoxy) is 2. The van der Waals surface area contributed by atoms with Crippen molar-refractivity contribution in [1.29, 1.82) is 0 Å². The first kappa shape index (κ1) is 20.0. The van der Waals surface area contributed by atoms with Crippen LogP contribution in [0.25, 0.3) is 0 Å². The Kier molecular flexibility index (Phi) is 6.98. The molecule has 0 spiro atoms. The minimum absolute atomic E-state index is 0.0310. The molecule has 9 atom stereocenters. The van der Waals surface area contributed by atoms with Gasteiger partial charge in [-0.3, -0.25) is 0 Å². The molecule has 0 bridgehead atoms. The van der Waals surface area contributed by atoms with Gasteiger partial charge >= 0.3 is 0 Å². The molecular weight excluding hydrogens is 320 g/mol. The van der Waals surface area contributed by atoms with E-state index in [-0.39, 0.29) is 24.4 Å². The molecule has 4 unspecified atom stereocenters. The highest BCUT2D eigenvalue weighted by Crippen LogP contribution is 2.34. The molecule has 2 fully saturated rings. The normalized spacial score (nSPS) is 47.1. The highest BCUT2D eigenvalue weighted by Gasteiger charge is 2.45. The molecule has 8 heteroatoms. The zero-order chi connectivity index (χ0) is 18.0. The van der Waals surface area contributed by atoms with Gasteiger partial charge in [-0.15, -0.1) is 0 Å². The van der Waals surface area contributed by atoms with Gasteiger partial charge in [0.25, 0.3) is 0 Å². The zero-order valence-corrected chi connectivity index (χ0v) is 14.1. The Balaban J connectivity index is 1.90. The second-order valence-corrected chi connectivity index (χ2v) is 7.30. The number of hydrogen-bond acceptors (Lipinski definition) is 8. The van der Waals surface area contributed by atoms with Crippen molar-refractivity contribution in [2.24, 2.45) is 17.8 Å². The maximum atomic E-state index is 10.3. The molecule has 0 aromatic heterocycles. The van der Waals surface area contributed by atoms with Gasteiger partial charge in [0.2, 0.25) is 0 Å². The van der Waals surface area contributed by atoms with E-state index in [4.69, 9.17) is 14.6 Å². The number of aliphatic hydroxyl groups excluding tert-OH is 6. The average Bonchev–Trinajstić information content (AvgIpc) is 2.54. The van der Waals surface area contributed by atoms with Crippen molar-refractivity contribution in [3.8, 4) is 0 Å². The third-order valence-corrected chi connectivity index (χ3v) is 5.28. The quantitative estimate of drug-likeness (QED) is 0.342. The predicted molar refractivity (Wildman–Crippen MR) is 82.8 cm³/mol. The monoisotopic (exact) mass is 350 g/mol. The first-order valence-corrected chi connectivity index (χ1v) is 8.54. The fourth-order valence-electron chi connectivity index (χ4n) is 3.59. The van der Waals surface area contributed by atoms with E-state index in [0.29, 0.717) is 12.8 Å². The van der Waals surface area contributed by atoms with Crippen LogP contribution in [0, 0.1) is 17.8 Å². The Labute approximate surface area is 141 Å². The van der Waals surface area contributed by atoms with Gasteiger partial charge in [-0.05, 0) is 24.7 Å². The van der Waals surface area contributed by atoms with Crippen LogP contribution in [0.5, 0.6) is 0 Å². The molecule has 0 amide bonds. The number of hydrogen-bond donors (Lipinski definition) is 6. The Morgan fingerprint density at radius 3 is 2.21 bits per heavy atom. The maximum absolute atomic E-state index is 10.3. The van der Waals surface area contributed by atoms with Crippen LogP contribution in [-0.2, 0) is 9.47 Å². The van der Waals surface area contributed by atoms with Gasteiger partial charge in [-0.2, -0.15) is 0 Å². The Hall–Kier alpha value is -0.320. The van der Waals surface area contributed by atoms with E-state index < -0.39 is 49.5 Å². The molecule has 1 aliphatic heterocycles. The first-order chi connectivity index (χ1) is 11.3. The van der Waals surface area contributed by atoms with Crippen molar-refractivity contribution in [3.63, 3.8) is 0 Å². The van der Waals surface area contributed by atoms with E-state index in [1.54, 1.807) is 0 Å². The van der Waals surface area contributed by atoms with Gasteiger partial charge in [-0.25, -0.2) is 0 Å². The van der Waals surface area contributed by atoms with Crippen LogP contribution >= 0.6 is 0 Å². The van der Waals surface area contributed by atoms with Gasteiger partial charge in [0.05, 0.1) is 25.4 Å². The summed E-state index contributed by atoms with van der Waals surface area (Å²) in [5.41, 5.74) is 0. The second kappa shape index (κ2) is 8.37. The molecule has 1 saturated heterocycles. The summed E-state index contributed by atoms with van der Waals surface area (Å²) in [5, 5.41) is 59.0. The average molecular weight is 350 g/mol. The molecule has 0 radical (unpaired) electrons. The van der Waals surface area contributed by atoms with Crippen molar-refractivity contribution in [1.82, 2.24) is 0 Å². The third-order valence-electron chi connectivity index (χ3n) is 5.28. The fourth-order valence-corrected chi connectivity index (χ4v) is 3.59. The molecule has 2 rings (SSSR count).